The van der Waals surface area contributed by atoms with Crippen molar-refractivity contribution in [3.8, 4) is 22.9 Å². The topological polar surface area (TPSA) is 65.7 Å². The van der Waals surface area contributed by atoms with Crippen LogP contribution >= 0.6 is 11.3 Å². The van der Waals surface area contributed by atoms with Crippen LogP contribution in [0.15, 0.2) is 47.3 Å². The third-order valence-corrected chi connectivity index (χ3v) is 5.24. The van der Waals surface area contributed by atoms with Crippen molar-refractivity contribution in [1.29, 1.82) is 0 Å². The Morgan fingerprint density at radius 1 is 1.04 bits per heavy atom. The summed E-state index contributed by atoms with van der Waals surface area (Å²) in [5, 5.41) is 8.36. The largest absolute Gasteiger partial charge is 0.493 e. The van der Waals surface area contributed by atoms with E-state index >= 15 is 0 Å². The third-order valence-electron chi connectivity index (χ3n) is 4.28. The Labute approximate surface area is 159 Å². The number of hydrogen-bond donors (Lipinski definition) is 0. The number of thiazole rings is 1. The fraction of sp³-hybridized carbons (Fsp3) is 0.150. The SMILES string of the molecule is COc1cccc(/C=c2/sc3nnc(-c4ccc(C)cc4)n3c2=O)c1OC. The molecule has 27 heavy (non-hydrogen) atoms. The van der Waals surface area contributed by atoms with Gasteiger partial charge < -0.3 is 9.47 Å². The maximum atomic E-state index is 13.0. The number of aromatic nitrogens is 3. The highest BCUT2D eigenvalue weighted by Gasteiger charge is 2.15. The molecule has 0 saturated carbocycles. The van der Waals surface area contributed by atoms with Gasteiger partial charge in [-0.05, 0) is 19.1 Å². The summed E-state index contributed by atoms with van der Waals surface area (Å²) in [6.45, 7) is 2.02. The second kappa shape index (κ2) is 6.85. The van der Waals surface area contributed by atoms with Crippen LogP contribution in [0.4, 0.5) is 0 Å². The van der Waals surface area contributed by atoms with Crippen LogP contribution in [-0.4, -0.2) is 28.8 Å². The molecule has 0 amide bonds. The summed E-state index contributed by atoms with van der Waals surface area (Å²) in [4.78, 5) is 13.6. The number of fused-ring (bicyclic) bond motifs is 1. The molecule has 136 valence electrons. The van der Waals surface area contributed by atoms with E-state index in [-0.39, 0.29) is 5.56 Å². The van der Waals surface area contributed by atoms with E-state index in [4.69, 9.17) is 9.47 Å². The Balaban J connectivity index is 1.90. The average molecular weight is 379 g/mol. The van der Waals surface area contributed by atoms with Gasteiger partial charge in [0.15, 0.2) is 17.3 Å². The van der Waals surface area contributed by atoms with E-state index < -0.39 is 0 Å². The van der Waals surface area contributed by atoms with Crippen molar-refractivity contribution >= 4 is 22.4 Å². The summed E-state index contributed by atoms with van der Waals surface area (Å²) < 4.78 is 12.9. The van der Waals surface area contributed by atoms with Gasteiger partial charge in [-0.1, -0.05) is 53.3 Å². The monoisotopic (exact) mass is 379 g/mol. The number of hydrogen-bond acceptors (Lipinski definition) is 6. The summed E-state index contributed by atoms with van der Waals surface area (Å²) in [6.07, 6.45) is 1.79. The van der Waals surface area contributed by atoms with Crippen LogP contribution in [0.2, 0.25) is 0 Å². The normalized spacial score (nSPS) is 11.9. The fourth-order valence-electron chi connectivity index (χ4n) is 2.92. The van der Waals surface area contributed by atoms with Crippen LogP contribution in [-0.2, 0) is 0 Å². The van der Waals surface area contributed by atoms with Crippen molar-refractivity contribution in [3.05, 3.63) is 68.5 Å². The van der Waals surface area contributed by atoms with Gasteiger partial charge in [-0.2, -0.15) is 0 Å². The summed E-state index contributed by atoms with van der Waals surface area (Å²) in [5.41, 5.74) is 2.61. The molecule has 0 N–H and O–H groups in total. The number of aryl methyl sites for hydroxylation is 1. The maximum absolute atomic E-state index is 13.0. The third kappa shape index (κ3) is 2.96. The van der Waals surface area contributed by atoms with Gasteiger partial charge in [0.1, 0.15) is 0 Å². The van der Waals surface area contributed by atoms with E-state index in [1.165, 1.54) is 11.3 Å². The molecule has 0 radical (unpaired) electrons. The molecule has 0 unspecified atom stereocenters. The van der Waals surface area contributed by atoms with Crippen molar-refractivity contribution in [3.63, 3.8) is 0 Å². The molecule has 2 aromatic heterocycles. The lowest BCUT2D eigenvalue weighted by molar-refractivity contribution is 0.354. The van der Waals surface area contributed by atoms with Crippen LogP contribution in [0.3, 0.4) is 0 Å². The minimum atomic E-state index is -0.152. The molecule has 0 fully saturated rings. The van der Waals surface area contributed by atoms with Crippen LogP contribution in [0.25, 0.3) is 22.4 Å². The highest BCUT2D eigenvalue weighted by molar-refractivity contribution is 7.15. The lowest BCUT2D eigenvalue weighted by atomic mass is 10.1. The van der Waals surface area contributed by atoms with Gasteiger partial charge in [-0.25, -0.2) is 4.40 Å². The molecule has 0 bridgehead atoms. The van der Waals surface area contributed by atoms with Crippen LogP contribution in [0.5, 0.6) is 11.5 Å². The Hall–Kier alpha value is -3.19. The average Bonchev–Trinajstić information content (AvgIpc) is 3.23. The summed E-state index contributed by atoms with van der Waals surface area (Å²) in [5.74, 6) is 1.74. The quantitative estimate of drug-likeness (QED) is 0.545. The number of methoxy groups -OCH3 is 2. The van der Waals surface area contributed by atoms with Gasteiger partial charge in [-0.15, -0.1) is 10.2 Å². The standard InChI is InChI=1S/C20H17N3O3S/c1-12-7-9-13(10-8-12)18-21-22-20-23(18)19(24)16(27-20)11-14-5-4-6-15(25-2)17(14)26-3/h4-11H,1-3H3/b16-11+. The second-order valence-electron chi connectivity index (χ2n) is 6.01. The molecule has 0 aliphatic carbocycles. The van der Waals surface area contributed by atoms with Crippen molar-refractivity contribution < 1.29 is 9.47 Å². The first-order chi connectivity index (χ1) is 13.1. The summed E-state index contributed by atoms with van der Waals surface area (Å²) in [6, 6.07) is 13.4. The second-order valence-corrected chi connectivity index (χ2v) is 7.02. The molecular weight excluding hydrogens is 362 g/mol. The zero-order chi connectivity index (χ0) is 19.0. The molecule has 6 nitrogen and oxygen atoms in total. The first-order valence-electron chi connectivity index (χ1n) is 8.30. The molecular formula is C20H17N3O3S. The minimum Gasteiger partial charge on any atom is -0.493 e. The van der Waals surface area contributed by atoms with Gasteiger partial charge in [0.2, 0.25) is 4.96 Å². The molecule has 0 saturated heterocycles. The smallest absolute Gasteiger partial charge is 0.276 e. The number of benzene rings is 2. The van der Waals surface area contributed by atoms with Crippen LogP contribution in [0, 0.1) is 6.92 Å². The first-order valence-corrected chi connectivity index (χ1v) is 9.11. The lowest BCUT2D eigenvalue weighted by Gasteiger charge is -2.09. The van der Waals surface area contributed by atoms with Gasteiger partial charge in [0.25, 0.3) is 5.56 Å². The molecule has 0 aliphatic rings. The first kappa shape index (κ1) is 17.2. The summed E-state index contributed by atoms with van der Waals surface area (Å²) >= 11 is 1.29. The van der Waals surface area contributed by atoms with Crippen LogP contribution in [0.1, 0.15) is 11.1 Å². The minimum absolute atomic E-state index is 0.152. The van der Waals surface area contributed by atoms with Crippen LogP contribution < -0.4 is 19.6 Å². The molecule has 2 aromatic carbocycles. The van der Waals surface area contributed by atoms with Crippen molar-refractivity contribution in [2.75, 3.05) is 14.2 Å². The van der Waals surface area contributed by atoms with Gasteiger partial charge in [-0.3, -0.25) is 4.79 Å². The van der Waals surface area contributed by atoms with E-state index in [1.54, 1.807) is 24.7 Å². The highest BCUT2D eigenvalue weighted by Crippen LogP contribution is 2.31. The predicted octanol–water partition coefficient (Wildman–Crippen LogP) is 2.69. The molecule has 4 aromatic rings. The molecule has 4 rings (SSSR count). The van der Waals surface area contributed by atoms with Crippen molar-refractivity contribution in [2.24, 2.45) is 0 Å². The Bertz CT molecular complexity index is 1230. The number of para-hydroxylation sites is 1. The van der Waals surface area contributed by atoms with Crippen molar-refractivity contribution in [2.45, 2.75) is 6.92 Å². The lowest BCUT2D eigenvalue weighted by Crippen LogP contribution is -2.23. The van der Waals surface area contributed by atoms with E-state index in [1.807, 2.05) is 49.4 Å². The number of nitrogens with zero attached hydrogens (tertiary/aromatic N) is 3. The number of ether oxygens (including phenoxy) is 2. The van der Waals surface area contributed by atoms with Gasteiger partial charge in [0.05, 0.1) is 18.8 Å². The zero-order valence-corrected chi connectivity index (χ0v) is 15.9. The zero-order valence-electron chi connectivity index (χ0n) is 15.1. The van der Waals surface area contributed by atoms with E-state index in [9.17, 15) is 4.79 Å². The molecule has 7 heteroatoms. The van der Waals surface area contributed by atoms with E-state index in [0.717, 1.165) is 16.7 Å². The van der Waals surface area contributed by atoms with Crippen molar-refractivity contribution in [1.82, 2.24) is 14.6 Å². The van der Waals surface area contributed by atoms with Gasteiger partial charge >= 0.3 is 0 Å². The maximum Gasteiger partial charge on any atom is 0.276 e. The summed E-state index contributed by atoms with van der Waals surface area (Å²) in [7, 11) is 3.16. The fourth-order valence-corrected chi connectivity index (χ4v) is 3.82. The molecule has 0 atom stereocenters. The van der Waals surface area contributed by atoms with E-state index in [0.29, 0.717) is 26.8 Å². The molecule has 0 spiro atoms. The molecule has 0 aliphatic heterocycles. The number of rotatable bonds is 4. The van der Waals surface area contributed by atoms with E-state index in [2.05, 4.69) is 10.2 Å². The highest BCUT2D eigenvalue weighted by atomic mass is 32.1. The Kier molecular flexibility index (Phi) is 4.37. The van der Waals surface area contributed by atoms with Gasteiger partial charge in [0, 0.05) is 11.1 Å². The Morgan fingerprint density at radius 2 is 1.81 bits per heavy atom. The predicted molar refractivity (Wildman–Crippen MR) is 106 cm³/mol. The molecule has 2 heterocycles. The Morgan fingerprint density at radius 3 is 2.52 bits per heavy atom.